The molecule has 0 radical (unpaired) electrons. The number of aromatic carboxylic acids is 1. The van der Waals surface area contributed by atoms with Crippen LogP contribution in [0.15, 0.2) is 58.5 Å². The molecule has 0 fully saturated rings. The Kier molecular flexibility index (Phi) is 7.02. The third kappa shape index (κ3) is 5.02. The maximum atomic E-state index is 12.6. The molecule has 2 aromatic carbocycles. The standard InChI is InChI=1S/C19H21N3O5S/c1-3-22(4-2)28(26,27)17-7-5-6-16(12-17)18(23)21-20-13-14-8-10-15(11-9-14)19(24)25/h5-13H,3-4H2,1-2H3,(H,21,23)(H,24,25)/p-1/b20-13-. The lowest BCUT2D eigenvalue weighted by molar-refractivity contribution is -0.255. The first-order valence-corrected chi connectivity index (χ1v) is 9.98. The first kappa shape index (κ1) is 21.3. The van der Waals surface area contributed by atoms with Gasteiger partial charge in [-0.05, 0) is 29.3 Å². The number of hydrogen-bond acceptors (Lipinski definition) is 6. The van der Waals surface area contributed by atoms with Gasteiger partial charge in [0, 0.05) is 18.7 Å². The Morgan fingerprint density at radius 1 is 1.07 bits per heavy atom. The second-order valence-electron chi connectivity index (χ2n) is 5.73. The number of hydrogen-bond donors (Lipinski definition) is 1. The van der Waals surface area contributed by atoms with Crippen LogP contribution in [0.4, 0.5) is 0 Å². The van der Waals surface area contributed by atoms with E-state index in [1.165, 1.54) is 59.1 Å². The fourth-order valence-corrected chi connectivity index (χ4v) is 3.95. The summed E-state index contributed by atoms with van der Waals surface area (Å²) in [6.45, 7) is 4.14. The van der Waals surface area contributed by atoms with Gasteiger partial charge in [0.25, 0.3) is 5.91 Å². The Hall–Kier alpha value is -3.04. The van der Waals surface area contributed by atoms with Crippen LogP contribution in [-0.2, 0) is 10.0 Å². The number of carbonyl (C=O) groups is 2. The molecule has 0 aliphatic heterocycles. The molecule has 0 aromatic heterocycles. The van der Waals surface area contributed by atoms with Crippen molar-refractivity contribution in [3.8, 4) is 0 Å². The summed E-state index contributed by atoms with van der Waals surface area (Å²) in [7, 11) is -3.67. The third-order valence-electron chi connectivity index (χ3n) is 3.97. The fraction of sp³-hybridized carbons (Fsp3) is 0.211. The van der Waals surface area contributed by atoms with Gasteiger partial charge in [-0.1, -0.05) is 44.2 Å². The number of benzene rings is 2. The minimum absolute atomic E-state index is 0.0331. The zero-order valence-electron chi connectivity index (χ0n) is 15.5. The molecule has 8 nitrogen and oxygen atoms in total. The van der Waals surface area contributed by atoms with Crippen molar-refractivity contribution in [3.05, 3.63) is 65.2 Å². The number of nitrogens with one attached hydrogen (secondary N) is 1. The molecule has 0 spiro atoms. The normalized spacial score (nSPS) is 11.7. The van der Waals surface area contributed by atoms with Crippen LogP contribution in [0.3, 0.4) is 0 Å². The molecule has 0 saturated carbocycles. The molecule has 0 bridgehead atoms. The van der Waals surface area contributed by atoms with E-state index in [9.17, 15) is 23.1 Å². The van der Waals surface area contributed by atoms with Gasteiger partial charge in [0.1, 0.15) is 0 Å². The Morgan fingerprint density at radius 3 is 2.29 bits per heavy atom. The van der Waals surface area contributed by atoms with E-state index in [2.05, 4.69) is 10.5 Å². The van der Waals surface area contributed by atoms with Crippen LogP contribution in [0.5, 0.6) is 0 Å². The maximum Gasteiger partial charge on any atom is 0.271 e. The van der Waals surface area contributed by atoms with Gasteiger partial charge in [-0.2, -0.15) is 9.41 Å². The molecule has 0 saturated heterocycles. The molecule has 0 aliphatic carbocycles. The Morgan fingerprint density at radius 2 is 1.71 bits per heavy atom. The highest BCUT2D eigenvalue weighted by Crippen LogP contribution is 2.17. The average molecular weight is 402 g/mol. The first-order chi connectivity index (χ1) is 13.3. The lowest BCUT2D eigenvalue weighted by Crippen LogP contribution is -2.30. The predicted molar refractivity (Wildman–Crippen MR) is 102 cm³/mol. The van der Waals surface area contributed by atoms with Crippen molar-refractivity contribution in [1.29, 1.82) is 0 Å². The summed E-state index contributed by atoms with van der Waals surface area (Å²) in [6, 6.07) is 11.5. The molecule has 0 atom stereocenters. The number of carboxylic acids is 1. The van der Waals surface area contributed by atoms with Crippen LogP contribution in [0.2, 0.25) is 0 Å². The summed E-state index contributed by atoms with van der Waals surface area (Å²) in [5.74, 6) is -1.85. The zero-order valence-corrected chi connectivity index (χ0v) is 16.3. The van der Waals surface area contributed by atoms with Crippen LogP contribution < -0.4 is 10.5 Å². The molecule has 1 amide bonds. The van der Waals surface area contributed by atoms with Crippen LogP contribution in [0.25, 0.3) is 0 Å². The van der Waals surface area contributed by atoms with E-state index in [0.717, 1.165) is 0 Å². The Bertz CT molecular complexity index is 981. The largest absolute Gasteiger partial charge is 0.545 e. The smallest absolute Gasteiger partial charge is 0.271 e. The number of amides is 1. The maximum absolute atomic E-state index is 12.6. The van der Waals surface area contributed by atoms with E-state index in [-0.39, 0.29) is 16.0 Å². The number of nitrogens with zero attached hydrogens (tertiary/aromatic N) is 2. The predicted octanol–water partition coefficient (Wildman–Crippen LogP) is 0.844. The van der Waals surface area contributed by atoms with Crippen molar-refractivity contribution in [3.63, 3.8) is 0 Å². The highest BCUT2D eigenvalue weighted by molar-refractivity contribution is 7.89. The topological polar surface area (TPSA) is 119 Å². The van der Waals surface area contributed by atoms with Crippen molar-refractivity contribution in [2.75, 3.05) is 13.1 Å². The molecule has 0 aliphatic rings. The third-order valence-corrected chi connectivity index (χ3v) is 6.01. The molecule has 2 aromatic rings. The fourth-order valence-electron chi connectivity index (χ4n) is 2.45. The number of carbonyl (C=O) groups excluding carboxylic acids is 2. The van der Waals surface area contributed by atoms with Crippen molar-refractivity contribution >= 4 is 28.1 Å². The van der Waals surface area contributed by atoms with Crippen molar-refractivity contribution < 1.29 is 23.1 Å². The number of sulfonamides is 1. The minimum Gasteiger partial charge on any atom is -0.545 e. The van der Waals surface area contributed by atoms with Crippen molar-refractivity contribution in [2.24, 2.45) is 5.10 Å². The van der Waals surface area contributed by atoms with E-state index in [1.54, 1.807) is 13.8 Å². The number of hydrazone groups is 1. The molecule has 1 N–H and O–H groups in total. The van der Waals surface area contributed by atoms with Gasteiger partial charge < -0.3 is 9.90 Å². The van der Waals surface area contributed by atoms with Crippen LogP contribution in [0.1, 0.15) is 40.1 Å². The molecule has 9 heteroatoms. The van der Waals surface area contributed by atoms with Gasteiger partial charge in [-0.25, -0.2) is 13.8 Å². The molecular weight excluding hydrogens is 382 g/mol. The second kappa shape index (κ2) is 9.25. The summed E-state index contributed by atoms with van der Waals surface area (Å²) < 4.78 is 26.4. The minimum atomic E-state index is -3.67. The zero-order chi connectivity index (χ0) is 20.7. The van der Waals surface area contributed by atoms with Gasteiger partial charge in [-0.15, -0.1) is 0 Å². The summed E-state index contributed by atoms with van der Waals surface area (Å²) >= 11 is 0. The lowest BCUT2D eigenvalue weighted by Gasteiger charge is -2.18. The van der Waals surface area contributed by atoms with Crippen LogP contribution in [-0.4, -0.2) is 43.9 Å². The highest BCUT2D eigenvalue weighted by atomic mass is 32.2. The molecule has 28 heavy (non-hydrogen) atoms. The van der Waals surface area contributed by atoms with Crippen molar-refractivity contribution in [2.45, 2.75) is 18.7 Å². The summed E-state index contributed by atoms with van der Waals surface area (Å²) in [5, 5.41) is 14.5. The monoisotopic (exact) mass is 402 g/mol. The summed E-state index contributed by atoms with van der Waals surface area (Å²) in [5.41, 5.74) is 3.07. The van der Waals surface area contributed by atoms with Crippen molar-refractivity contribution in [1.82, 2.24) is 9.73 Å². The number of rotatable bonds is 8. The highest BCUT2D eigenvalue weighted by Gasteiger charge is 2.22. The second-order valence-corrected chi connectivity index (χ2v) is 7.66. The van der Waals surface area contributed by atoms with Gasteiger partial charge in [0.2, 0.25) is 10.0 Å². The Balaban J connectivity index is 2.11. The van der Waals surface area contributed by atoms with E-state index < -0.39 is 21.9 Å². The lowest BCUT2D eigenvalue weighted by atomic mass is 10.1. The Labute approximate surface area is 163 Å². The molecule has 2 rings (SSSR count). The quantitative estimate of drug-likeness (QED) is 0.518. The first-order valence-electron chi connectivity index (χ1n) is 8.54. The van der Waals surface area contributed by atoms with Crippen LogP contribution in [0, 0.1) is 0 Å². The van der Waals surface area contributed by atoms with Gasteiger partial charge in [-0.3, -0.25) is 4.79 Å². The molecule has 0 heterocycles. The molecular formula is C19H20N3O5S-. The van der Waals surface area contributed by atoms with Crippen LogP contribution >= 0.6 is 0 Å². The SMILES string of the molecule is CCN(CC)S(=O)(=O)c1cccc(C(=O)N/N=C\c2ccc(C(=O)[O-])cc2)c1. The van der Waals surface area contributed by atoms with E-state index >= 15 is 0 Å². The van der Waals surface area contributed by atoms with E-state index in [4.69, 9.17) is 0 Å². The summed E-state index contributed by atoms with van der Waals surface area (Å²) in [4.78, 5) is 23.0. The van der Waals surface area contributed by atoms with Gasteiger partial charge in [0.05, 0.1) is 17.1 Å². The van der Waals surface area contributed by atoms with E-state index in [1.807, 2.05) is 0 Å². The van der Waals surface area contributed by atoms with Gasteiger partial charge in [0.15, 0.2) is 0 Å². The average Bonchev–Trinajstić information content (AvgIpc) is 2.69. The molecule has 0 unspecified atom stereocenters. The summed E-state index contributed by atoms with van der Waals surface area (Å²) in [6.07, 6.45) is 1.34. The van der Waals surface area contributed by atoms with E-state index in [0.29, 0.717) is 18.7 Å². The molecule has 148 valence electrons. The van der Waals surface area contributed by atoms with Gasteiger partial charge >= 0.3 is 0 Å². The number of carboxylic acid groups (broad SMARTS) is 1.